The van der Waals surface area contributed by atoms with Crippen molar-refractivity contribution in [2.45, 2.75) is 4.90 Å². The van der Waals surface area contributed by atoms with E-state index in [2.05, 4.69) is 10.0 Å². The van der Waals surface area contributed by atoms with E-state index in [4.69, 9.17) is 27.9 Å². The molecule has 6 nitrogen and oxygen atoms in total. The molecule has 9 heteroatoms. The second-order valence-electron chi connectivity index (χ2n) is 5.94. The third-order valence-corrected chi connectivity index (χ3v) is 5.51. The van der Waals surface area contributed by atoms with Crippen molar-refractivity contribution in [1.82, 2.24) is 0 Å². The normalized spacial score (nSPS) is 11.0. The van der Waals surface area contributed by atoms with Crippen LogP contribution in [0.3, 0.4) is 0 Å². The highest BCUT2D eigenvalue weighted by molar-refractivity contribution is 7.92. The second kappa shape index (κ2) is 9.17. The van der Waals surface area contributed by atoms with E-state index in [9.17, 15) is 13.2 Å². The lowest BCUT2D eigenvalue weighted by Crippen LogP contribution is -2.20. The number of ether oxygens (including phenoxy) is 1. The molecule has 0 radical (unpaired) electrons. The zero-order valence-electron chi connectivity index (χ0n) is 14.9. The van der Waals surface area contributed by atoms with E-state index in [-0.39, 0.29) is 11.5 Å². The number of hydrogen-bond donors (Lipinski definition) is 2. The number of nitrogens with one attached hydrogen (secondary N) is 2. The number of anilines is 2. The average Bonchev–Trinajstić information content (AvgIpc) is 2.66. The van der Waals surface area contributed by atoms with Gasteiger partial charge < -0.3 is 10.1 Å². The number of halogens is 2. The van der Waals surface area contributed by atoms with Gasteiger partial charge in [0.05, 0.1) is 4.90 Å². The molecule has 0 aromatic heterocycles. The Bertz CT molecular complexity index is 1080. The van der Waals surface area contributed by atoms with E-state index < -0.39 is 15.9 Å². The Labute approximate surface area is 178 Å². The van der Waals surface area contributed by atoms with Crippen molar-refractivity contribution in [3.63, 3.8) is 0 Å². The molecule has 1 amide bonds. The Morgan fingerprint density at radius 3 is 2.10 bits per heavy atom. The molecule has 0 aliphatic carbocycles. The van der Waals surface area contributed by atoms with Gasteiger partial charge in [0.1, 0.15) is 5.75 Å². The average molecular weight is 451 g/mol. The van der Waals surface area contributed by atoms with Crippen LogP contribution in [0.15, 0.2) is 77.7 Å². The van der Waals surface area contributed by atoms with E-state index in [1.807, 2.05) is 0 Å². The quantitative estimate of drug-likeness (QED) is 0.540. The lowest BCUT2D eigenvalue weighted by molar-refractivity contribution is -0.118. The lowest BCUT2D eigenvalue weighted by atomic mass is 10.3. The smallest absolute Gasteiger partial charge is 0.262 e. The van der Waals surface area contributed by atoms with Gasteiger partial charge in [-0.05, 0) is 54.6 Å². The van der Waals surface area contributed by atoms with Crippen LogP contribution in [0.5, 0.6) is 5.75 Å². The second-order valence-corrected chi connectivity index (χ2v) is 8.49. The van der Waals surface area contributed by atoms with Crippen molar-refractivity contribution in [1.29, 1.82) is 0 Å². The third-order valence-electron chi connectivity index (χ3n) is 3.68. The Morgan fingerprint density at radius 2 is 1.48 bits per heavy atom. The summed E-state index contributed by atoms with van der Waals surface area (Å²) in [7, 11) is -3.72. The third kappa shape index (κ3) is 6.12. The van der Waals surface area contributed by atoms with Crippen molar-refractivity contribution < 1.29 is 17.9 Å². The van der Waals surface area contributed by atoms with E-state index in [1.165, 1.54) is 24.3 Å². The molecule has 0 bridgehead atoms. The van der Waals surface area contributed by atoms with Gasteiger partial charge >= 0.3 is 0 Å². The summed E-state index contributed by atoms with van der Waals surface area (Å²) in [6, 6.07) is 19.0. The zero-order chi connectivity index (χ0) is 20.9. The first-order valence-electron chi connectivity index (χ1n) is 8.38. The summed E-state index contributed by atoms with van der Waals surface area (Å²) >= 11 is 11.8. The molecule has 3 rings (SSSR count). The Balaban J connectivity index is 1.58. The molecule has 3 aromatic carbocycles. The minimum Gasteiger partial charge on any atom is -0.484 e. The summed E-state index contributed by atoms with van der Waals surface area (Å²) < 4.78 is 32.7. The number of carbonyl (C=O) groups excluding carboxylic acids is 1. The van der Waals surface area contributed by atoms with Crippen LogP contribution in [0.25, 0.3) is 0 Å². The van der Waals surface area contributed by atoms with Crippen molar-refractivity contribution in [3.8, 4) is 5.75 Å². The molecule has 0 saturated carbocycles. The van der Waals surface area contributed by atoms with Crippen LogP contribution < -0.4 is 14.8 Å². The SMILES string of the molecule is O=C(COc1ccc(S(=O)(=O)Nc2ccccc2)cc1)Nc1cc(Cl)cc(Cl)c1. The van der Waals surface area contributed by atoms with Crippen molar-refractivity contribution in [2.75, 3.05) is 16.6 Å². The van der Waals surface area contributed by atoms with Gasteiger partial charge in [-0.25, -0.2) is 8.42 Å². The highest BCUT2D eigenvalue weighted by Crippen LogP contribution is 2.23. The van der Waals surface area contributed by atoms with Gasteiger partial charge in [0, 0.05) is 21.4 Å². The van der Waals surface area contributed by atoms with Gasteiger partial charge in [0.2, 0.25) is 0 Å². The Morgan fingerprint density at radius 1 is 0.862 bits per heavy atom. The van der Waals surface area contributed by atoms with E-state index in [1.54, 1.807) is 48.5 Å². The molecular formula is C20H16Cl2N2O4S. The van der Waals surface area contributed by atoms with E-state index in [0.717, 1.165) is 0 Å². The Hall–Kier alpha value is -2.74. The van der Waals surface area contributed by atoms with Gasteiger partial charge in [-0.15, -0.1) is 0 Å². The first kappa shape index (κ1) is 21.0. The molecule has 0 spiro atoms. The highest BCUT2D eigenvalue weighted by Gasteiger charge is 2.14. The number of hydrogen-bond acceptors (Lipinski definition) is 4. The fourth-order valence-electron chi connectivity index (χ4n) is 2.41. The minimum atomic E-state index is -3.72. The number of benzene rings is 3. The maximum absolute atomic E-state index is 12.4. The number of sulfonamides is 1. The van der Waals surface area contributed by atoms with Crippen molar-refractivity contribution in [2.24, 2.45) is 0 Å². The van der Waals surface area contributed by atoms with Gasteiger partial charge in [0.25, 0.3) is 15.9 Å². The first-order valence-corrected chi connectivity index (χ1v) is 10.6. The minimum absolute atomic E-state index is 0.0757. The fourth-order valence-corrected chi connectivity index (χ4v) is 3.99. The van der Waals surface area contributed by atoms with Crippen molar-refractivity contribution >= 4 is 50.5 Å². The standard InChI is InChI=1S/C20H16Cl2N2O4S/c21-14-10-15(22)12-17(11-14)23-20(25)13-28-18-6-8-19(9-7-18)29(26,27)24-16-4-2-1-3-5-16/h1-12,24H,13H2,(H,23,25). The molecule has 0 saturated heterocycles. The molecular weight excluding hydrogens is 435 g/mol. The number of amides is 1. The topological polar surface area (TPSA) is 84.5 Å². The summed E-state index contributed by atoms with van der Waals surface area (Å²) in [5.41, 5.74) is 0.912. The van der Waals surface area contributed by atoms with Crippen LogP contribution >= 0.6 is 23.2 Å². The highest BCUT2D eigenvalue weighted by atomic mass is 35.5. The molecule has 2 N–H and O–H groups in total. The van der Waals surface area contributed by atoms with Gasteiger partial charge in [-0.2, -0.15) is 0 Å². The predicted octanol–water partition coefficient (Wildman–Crippen LogP) is 4.81. The number of carbonyl (C=O) groups is 1. The Kier molecular flexibility index (Phi) is 6.64. The first-order chi connectivity index (χ1) is 13.8. The molecule has 0 unspecified atom stereocenters. The van der Waals surface area contributed by atoms with Gasteiger partial charge in [-0.3, -0.25) is 9.52 Å². The molecule has 0 fully saturated rings. The summed E-state index contributed by atoms with van der Waals surface area (Å²) in [5.74, 6) is -0.0614. The van der Waals surface area contributed by atoms with E-state index >= 15 is 0 Å². The van der Waals surface area contributed by atoms with Crippen LogP contribution in [0, 0.1) is 0 Å². The summed E-state index contributed by atoms with van der Waals surface area (Å²) in [5, 5.41) is 3.41. The summed E-state index contributed by atoms with van der Waals surface area (Å²) in [6.07, 6.45) is 0. The van der Waals surface area contributed by atoms with E-state index in [0.29, 0.717) is 27.2 Å². The van der Waals surface area contributed by atoms with Crippen LogP contribution in [-0.2, 0) is 14.8 Å². The number of rotatable bonds is 7. The molecule has 3 aromatic rings. The summed E-state index contributed by atoms with van der Waals surface area (Å²) in [4.78, 5) is 12.1. The fraction of sp³-hybridized carbons (Fsp3) is 0.0500. The van der Waals surface area contributed by atoms with Crippen LogP contribution in [0.4, 0.5) is 11.4 Å². The maximum atomic E-state index is 12.4. The maximum Gasteiger partial charge on any atom is 0.262 e. The lowest BCUT2D eigenvalue weighted by Gasteiger charge is -2.10. The molecule has 0 heterocycles. The van der Waals surface area contributed by atoms with Gasteiger partial charge in [-0.1, -0.05) is 41.4 Å². The van der Waals surface area contributed by atoms with Crippen molar-refractivity contribution in [3.05, 3.63) is 82.8 Å². The van der Waals surface area contributed by atoms with Gasteiger partial charge in [0.15, 0.2) is 6.61 Å². The predicted molar refractivity (Wildman–Crippen MR) is 114 cm³/mol. The molecule has 0 atom stereocenters. The zero-order valence-corrected chi connectivity index (χ0v) is 17.3. The monoisotopic (exact) mass is 450 g/mol. The molecule has 150 valence electrons. The van der Waals surface area contributed by atoms with Crippen LogP contribution in [0.2, 0.25) is 10.0 Å². The van der Waals surface area contributed by atoms with Crippen LogP contribution in [0.1, 0.15) is 0 Å². The molecule has 0 aliphatic heterocycles. The summed E-state index contributed by atoms with van der Waals surface area (Å²) in [6.45, 7) is -0.265. The van der Waals surface area contributed by atoms with Crippen LogP contribution in [-0.4, -0.2) is 20.9 Å². The molecule has 0 aliphatic rings. The molecule has 29 heavy (non-hydrogen) atoms. The number of para-hydroxylation sites is 1. The largest absolute Gasteiger partial charge is 0.484 e.